The van der Waals surface area contributed by atoms with E-state index in [0.29, 0.717) is 5.15 Å². The number of nitrogens with zero attached hydrogens (tertiary/aromatic N) is 2. The minimum absolute atomic E-state index is 0.398. The number of halogens is 1. The summed E-state index contributed by atoms with van der Waals surface area (Å²) in [7, 11) is 1.82. The lowest BCUT2D eigenvalue weighted by molar-refractivity contribution is -0.111. The quantitative estimate of drug-likeness (QED) is 0.657. The fourth-order valence-electron chi connectivity index (χ4n) is 1.18. The third kappa shape index (κ3) is 1.37. The Morgan fingerprint density at radius 3 is 2.58 bits per heavy atom. The van der Waals surface area contributed by atoms with E-state index < -0.39 is 5.41 Å². The molecule has 3 nitrogen and oxygen atoms in total. The van der Waals surface area contributed by atoms with Crippen molar-refractivity contribution in [1.29, 1.82) is 0 Å². The van der Waals surface area contributed by atoms with E-state index in [1.54, 1.807) is 10.9 Å². The van der Waals surface area contributed by atoms with Crippen molar-refractivity contribution in [2.24, 2.45) is 7.05 Å². The summed E-state index contributed by atoms with van der Waals surface area (Å²) < 4.78 is 1.76. The van der Waals surface area contributed by atoms with Crippen molar-refractivity contribution in [3.05, 3.63) is 17.2 Å². The van der Waals surface area contributed by atoms with Gasteiger partial charge in [-0.2, -0.15) is 0 Å². The lowest BCUT2D eigenvalue weighted by Gasteiger charge is -2.17. The Morgan fingerprint density at radius 1 is 1.67 bits per heavy atom. The van der Waals surface area contributed by atoms with Crippen LogP contribution in [0.5, 0.6) is 0 Å². The molecule has 0 fully saturated rings. The summed E-state index contributed by atoms with van der Waals surface area (Å²) >= 11 is 5.82. The van der Waals surface area contributed by atoms with Crippen LogP contribution in [0.3, 0.4) is 0 Å². The minimum Gasteiger partial charge on any atom is -0.336 e. The van der Waals surface area contributed by atoms with Crippen LogP contribution < -0.4 is 0 Å². The molecule has 4 heteroatoms. The van der Waals surface area contributed by atoms with E-state index in [4.69, 9.17) is 11.6 Å². The van der Waals surface area contributed by atoms with Crippen LogP contribution >= 0.6 is 11.6 Å². The Morgan fingerprint density at radius 2 is 2.25 bits per heavy atom. The van der Waals surface area contributed by atoms with Crippen LogP contribution in [0.15, 0.2) is 6.33 Å². The number of hydrogen-bond donors (Lipinski definition) is 0. The van der Waals surface area contributed by atoms with Gasteiger partial charge in [-0.1, -0.05) is 11.6 Å². The fraction of sp³-hybridized carbons (Fsp3) is 0.500. The number of carbonyl (C=O) groups is 1. The molecule has 0 atom stereocenters. The first-order chi connectivity index (χ1) is 5.49. The average Bonchev–Trinajstić information content (AvgIpc) is 2.31. The van der Waals surface area contributed by atoms with Crippen LogP contribution in [0.4, 0.5) is 0 Å². The molecule has 0 unspecified atom stereocenters. The third-order valence-corrected chi connectivity index (χ3v) is 2.07. The monoisotopic (exact) mass is 186 g/mol. The number of aryl methyl sites for hydroxylation is 1. The van der Waals surface area contributed by atoms with Crippen molar-refractivity contribution in [3.63, 3.8) is 0 Å². The van der Waals surface area contributed by atoms with Gasteiger partial charge in [-0.25, -0.2) is 4.98 Å². The molecule has 1 aromatic heterocycles. The second kappa shape index (κ2) is 2.90. The average molecular weight is 187 g/mol. The van der Waals surface area contributed by atoms with Crippen molar-refractivity contribution in [2.45, 2.75) is 19.3 Å². The van der Waals surface area contributed by atoms with E-state index in [0.717, 1.165) is 12.0 Å². The summed E-state index contributed by atoms with van der Waals surface area (Å²) in [5, 5.41) is 0.398. The predicted octanol–water partition coefficient (Wildman–Crippen LogP) is 1.55. The normalized spacial score (nSPS) is 11.7. The molecule has 0 radical (unpaired) electrons. The highest BCUT2D eigenvalue weighted by atomic mass is 35.5. The molecule has 0 aliphatic carbocycles. The van der Waals surface area contributed by atoms with E-state index >= 15 is 0 Å². The second-order valence-corrected chi connectivity index (χ2v) is 3.69. The zero-order valence-electron chi connectivity index (χ0n) is 7.34. The van der Waals surface area contributed by atoms with Crippen LogP contribution in [0.2, 0.25) is 5.15 Å². The maximum Gasteiger partial charge on any atom is 0.151 e. The molecule has 0 aliphatic heterocycles. The van der Waals surface area contributed by atoms with Crippen molar-refractivity contribution in [1.82, 2.24) is 9.55 Å². The molecule has 12 heavy (non-hydrogen) atoms. The van der Waals surface area contributed by atoms with Crippen LogP contribution in [0, 0.1) is 0 Å². The largest absolute Gasteiger partial charge is 0.336 e. The molecule has 0 N–H and O–H groups in total. The lowest BCUT2D eigenvalue weighted by Crippen LogP contribution is -2.22. The number of rotatable bonds is 2. The van der Waals surface area contributed by atoms with Crippen molar-refractivity contribution < 1.29 is 4.79 Å². The minimum atomic E-state index is -0.567. The predicted molar refractivity (Wildman–Crippen MR) is 47.3 cm³/mol. The van der Waals surface area contributed by atoms with Gasteiger partial charge in [0.15, 0.2) is 5.15 Å². The zero-order chi connectivity index (χ0) is 9.35. The van der Waals surface area contributed by atoms with Crippen LogP contribution in [0.25, 0.3) is 0 Å². The molecule has 0 saturated carbocycles. The highest BCUT2D eigenvalue weighted by molar-refractivity contribution is 6.30. The number of imidazole rings is 1. The first-order valence-electron chi connectivity index (χ1n) is 3.62. The maximum atomic E-state index is 10.7. The highest BCUT2D eigenvalue weighted by Crippen LogP contribution is 2.26. The number of carbonyl (C=O) groups excluding carboxylic acids is 1. The zero-order valence-corrected chi connectivity index (χ0v) is 8.09. The Kier molecular flexibility index (Phi) is 2.24. The summed E-state index contributed by atoms with van der Waals surface area (Å²) in [6.45, 7) is 3.62. The third-order valence-electron chi connectivity index (χ3n) is 1.80. The van der Waals surface area contributed by atoms with Crippen LogP contribution in [-0.4, -0.2) is 15.8 Å². The molecule has 0 aromatic carbocycles. The molecule has 66 valence electrons. The Balaban J connectivity index is 3.25. The van der Waals surface area contributed by atoms with Gasteiger partial charge in [0.2, 0.25) is 0 Å². The van der Waals surface area contributed by atoms with E-state index in [9.17, 15) is 4.79 Å². The van der Waals surface area contributed by atoms with Crippen LogP contribution in [0.1, 0.15) is 19.5 Å². The van der Waals surface area contributed by atoms with E-state index in [1.165, 1.54) is 0 Å². The van der Waals surface area contributed by atoms with Gasteiger partial charge in [0.05, 0.1) is 17.4 Å². The van der Waals surface area contributed by atoms with Gasteiger partial charge in [0, 0.05) is 7.05 Å². The highest BCUT2D eigenvalue weighted by Gasteiger charge is 2.26. The standard InChI is InChI=1S/C8H11ClN2O/c1-8(2,4-12)6-7(9)10-5-11(6)3/h4-5H,1-3H3. The molecule has 1 rings (SSSR count). The number of aromatic nitrogens is 2. The first kappa shape index (κ1) is 9.26. The molecule has 1 aromatic rings. The molecule has 0 aliphatic rings. The van der Waals surface area contributed by atoms with Gasteiger partial charge in [-0.3, -0.25) is 0 Å². The van der Waals surface area contributed by atoms with E-state index in [-0.39, 0.29) is 0 Å². The Labute approximate surface area is 76.4 Å². The molecular weight excluding hydrogens is 176 g/mol. The van der Waals surface area contributed by atoms with E-state index in [2.05, 4.69) is 4.98 Å². The number of aldehydes is 1. The van der Waals surface area contributed by atoms with Crippen molar-refractivity contribution in [2.75, 3.05) is 0 Å². The van der Waals surface area contributed by atoms with Gasteiger partial charge >= 0.3 is 0 Å². The van der Waals surface area contributed by atoms with Crippen molar-refractivity contribution in [3.8, 4) is 0 Å². The van der Waals surface area contributed by atoms with Gasteiger partial charge in [0.1, 0.15) is 6.29 Å². The first-order valence-corrected chi connectivity index (χ1v) is 4.00. The molecule has 0 amide bonds. The fourth-order valence-corrected chi connectivity index (χ4v) is 1.60. The lowest BCUT2D eigenvalue weighted by atomic mass is 9.92. The SMILES string of the molecule is Cn1cnc(Cl)c1C(C)(C)C=O. The molecule has 1 heterocycles. The van der Waals surface area contributed by atoms with Gasteiger partial charge in [-0.05, 0) is 13.8 Å². The molecule has 0 spiro atoms. The summed E-state index contributed by atoms with van der Waals surface area (Å²) in [5.41, 5.74) is 0.182. The summed E-state index contributed by atoms with van der Waals surface area (Å²) in [6, 6.07) is 0. The van der Waals surface area contributed by atoms with Gasteiger partial charge in [-0.15, -0.1) is 0 Å². The smallest absolute Gasteiger partial charge is 0.151 e. The Bertz CT molecular complexity index is 285. The number of hydrogen-bond acceptors (Lipinski definition) is 2. The van der Waals surface area contributed by atoms with E-state index in [1.807, 2.05) is 20.9 Å². The summed E-state index contributed by atoms with van der Waals surface area (Å²) in [5.74, 6) is 0. The second-order valence-electron chi connectivity index (χ2n) is 3.33. The topological polar surface area (TPSA) is 34.9 Å². The Hall–Kier alpha value is -0.830. The maximum absolute atomic E-state index is 10.7. The van der Waals surface area contributed by atoms with Crippen LogP contribution in [-0.2, 0) is 17.3 Å². The molecular formula is C8H11ClN2O. The molecule has 0 saturated heterocycles. The van der Waals surface area contributed by atoms with Gasteiger partial charge in [0.25, 0.3) is 0 Å². The van der Waals surface area contributed by atoms with Gasteiger partial charge < -0.3 is 9.36 Å². The summed E-state index contributed by atoms with van der Waals surface area (Å²) in [4.78, 5) is 14.6. The summed E-state index contributed by atoms with van der Waals surface area (Å²) in [6.07, 6.45) is 2.47. The van der Waals surface area contributed by atoms with Crippen molar-refractivity contribution >= 4 is 17.9 Å². The molecule has 0 bridgehead atoms.